The van der Waals surface area contributed by atoms with Crippen LogP contribution in [0.25, 0.3) is 0 Å². The fourth-order valence-corrected chi connectivity index (χ4v) is 3.51. The molecule has 1 heterocycles. The van der Waals surface area contributed by atoms with Gasteiger partial charge >= 0.3 is 0 Å². The Bertz CT molecular complexity index is 778. The van der Waals surface area contributed by atoms with Crippen molar-refractivity contribution < 1.29 is 0 Å². The van der Waals surface area contributed by atoms with Crippen molar-refractivity contribution in [3.63, 3.8) is 0 Å². The standard InChI is InChI=1S/C20H25BrN4.HI/c1-14-6-7-18(10-15(14)2)24-20(22)23-12-16-8-9-25(13-16)19-5-3-4-17(21)11-19;/h3-7,10-11,16H,8-9,12-13H2,1-2H3,(H3,22,23,24);1H. The molecule has 1 unspecified atom stereocenters. The third kappa shape index (κ3) is 5.61. The number of aliphatic imine (C=N–C) groups is 1. The van der Waals surface area contributed by atoms with E-state index >= 15 is 0 Å². The lowest BCUT2D eigenvalue weighted by molar-refractivity contribution is 0.603. The average Bonchev–Trinajstić information content (AvgIpc) is 3.05. The van der Waals surface area contributed by atoms with Crippen molar-refractivity contribution in [2.24, 2.45) is 16.6 Å². The summed E-state index contributed by atoms with van der Waals surface area (Å²) in [4.78, 5) is 6.96. The van der Waals surface area contributed by atoms with E-state index in [1.165, 1.54) is 16.8 Å². The molecule has 140 valence electrons. The number of hydrogen-bond acceptors (Lipinski definition) is 2. The molecule has 0 radical (unpaired) electrons. The Kier molecular flexibility index (Phi) is 7.76. The zero-order chi connectivity index (χ0) is 17.8. The molecule has 3 N–H and O–H groups in total. The smallest absolute Gasteiger partial charge is 0.193 e. The van der Waals surface area contributed by atoms with Crippen molar-refractivity contribution in [3.05, 3.63) is 58.1 Å². The van der Waals surface area contributed by atoms with Crippen LogP contribution >= 0.6 is 39.9 Å². The molecule has 0 spiro atoms. The van der Waals surface area contributed by atoms with E-state index < -0.39 is 0 Å². The number of nitrogens with one attached hydrogen (secondary N) is 1. The Morgan fingerprint density at radius 2 is 2.04 bits per heavy atom. The summed E-state index contributed by atoms with van der Waals surface area (Å²) < 4.78 is 1.12. The molecule has 0 saturated carbocycles. The first kappa shape index (κ1) is 21.0. The van der Waals surface area contributed by atoms with E-state index in [4.69, 9.17) is 5.73 Å². The van der Waals surface area contributed by atoms with Gasteiger partial charge in [-0.25, -0.2) is 0 Å². The van der Waals surface area contributed by atoms with Gasteiger partial charge in [0.2, 0.25) is 0 Å². The molecule has 4 nitrogen and oxygen atoms in total. The molecule has 2 aromatic rings. The van der Waals surface area contributed by atoms with Gasteiger partial charge in [-0.3, -0.25) is 4.99 Å². The molecule has 1 fully saturated rings. The van der Waals surface area contributed by atoms with Gasteiger partial charge in [-0.2, -0.15) is 0 Å². The number of anilines is 2. The first-order valence-corrected chi connectivity index (χ1v) is 9.45. The van der Waals surface area contributed by atoms with Gasteiger partial charge in [-0.1, -0.05) is 28.1 Å². The molecule has 0 aliphatic carbocycles. The molecule has 1 aliphatic rings. The summed E-state index contributed by atoms with van der Waals surface area (Å²) in [5.74, 6) is 1.03. The lowest BCUT2D eigenvalue weighted by Gasteiger charge is -2.18. The van der Waals surface area contributed by atoms with Gasteiger partial charge in [0.05, 0.1) is 0 Å². The van der Waals surface area contributed by atoms with Crippen LogP contribution in [0.15, 0.2) is 51.9 Å². The lowest BCUT2D eigenvalue weighted by atomic mass is 10.1. The maximum atomic E-state index is 6.06. The third-order valence-corrected chi connectivity index (χ3v) is 5.25. The molecule has 1 atom stereocenters. The predicted molar refractivity (Wildman–Crippen MR) is 126 cm³/mol. The summed E-state index contributed by atoms with van der Waals surface area (Å²) >= 11 is 3.54. The summed E-state index contributed by atoms with van der Waals surface area (Å²) in [6.07, 6.45) is 1.15. The van der Waals surface area contributed by atoms with Crippen LogP contribution in [0.3, 0.4) is 0 Å². The monoisotopic (exact) mass is 528 g/mol. The van der Waals surface area contributed by atoms with Gasteiger partial charge in [-0.05, 0) is 67.6 Å². The second kappa shape index (κ2) is 9.60. The number of nitrogens with two attached hydrogens (primary N) is 1. The number of rotatable bonds is 4. The SMILES string of the molecule is Cc1ccc(NC(N)=NCC2CCN(c3cccc(Br)c3)C2)cc1C.I. The van der Waals surface area contributed by atoms with E-state index in [2.05, 4.69) is 81.4 Å². The number of guanidine groups is 1. The molecule has 1 aliphatic heterocycles. The Balaban J connectivity index is 0.00000243. The summed E-state index contributed by atoms with van der Waals surface area (Å²) in [6.45, 7) is 7.06. The van der Waals surface area contributed by atoms with Gasteiger partial charge in [0.25, 0.3) is 0 Å². The topological polar surface area (TPSA) is 53.6 Å². The third-order valence-electron chi connectivity index (χ3n) is 4.76. The minimum Gasteiger partial charge on any atom is -0.371 e. The van der Waals surface area contributed by atoms with Crippen molar-refractivity contribution in [2.75, 3.05) is 29.9 Å². The fourth-order valence-electron chi connectivity index (χ4n) is 3.12. The first-order valence-electron chi connectivity index (χ1n) is 8.66. The predicted octanol–water partition coefficient (Wildman–Crippen LogP) is 4.94. The Morgan fingerprint density at radius 3 is 2.77 bits per heavy atom. The van der Waals surface area contributed by atoms with Crippen LogP contribution in [0, 0.1) is 19.8 Å². The highest BCUT2D eigenvalue weighted by Gasteiger charge is 2.22. The van der Waals surface area contributed by atoms with E-state index in [9.17, 15) is 0 Å². The molecule has 2 aromatic carbocycles. The number of benzene rings is 2. The largest absolute Gasteiger partial charge is 0.371 e. The summed E-state index contributed by atoms with van der Waals surface area (Å²) in [7, 11) is 0. The number of aryl methyl sites for hydroxylation is 2. The van der Waals surface area contributed by atoms with Gasteiger partial charge in [0.15, 0.2) is 5.96 Å². The fraction of sp³-hybridized carbons (Fsp3) is 0.350. The van der Waals surface area contributed by atoms with Crippen molar-refractivity contribution in [1.82, 2.24) is 0 Å². The van der Waals surface area contributed by atoms with Crippen LogP contribution < -0.4 is 16.0 Å². The van der Waals surface area contributed by atoms with Crippen LogP contribution in [0.2, 0.25) is 0 Å². The minimum atomic E-state index is 0. The summed E-state index contributed by atoms with van der Waals surface area (Å²) in [5, 5.41) is 3.19. The van der Waals surface area contributed by atoms with E-state index in [1.54, 1.807) is 0 Å². The van der Waals surface area contributed by atoms with Crippen LogP contribution in [-0.2, 0) is 0 Å². The highest BCUT2D eigenvalue weighted by atomic mass is 127. The van der Waals surface area contributed by atoms with E-state index in [-0.39, 0.29) is 24.0 Å². The van der Waals surface area contributed by atoms with Crippen LogP contribution in [0.4, 0.5) is 11.4 Å². The molecular formula is C20H26BrIN4. The van der Waals surface area contributed by atoms with Gasteiger partial charge < -0.3 is 16.0 Å². The molecule has 0 bridgehead atoms. The average molecular weight is 529 g/mol. The van der Waals surface area contributed by atoms with Crippen molar-refractivity contribution >= 4 is 57.2 Å². The van der Waals surface area contributed by atoms with E-state index in [0.717, 1.165) is 36.2 Å². The van der Waals surface area contributed by atoms with Gasteiger partial charge in [-0.15, -0.1) is 24.0 Å². The molecule has 0 amide bonds. The Morgan fingerprint density at radius 1 is 1.23 bits per heavy atom. The lowest BCUT2D eigenvalue weighted by Crippen LogP contribution is -2.25. The molecule has 0 aromatic heterocycles. The van der Waals surface area contributed by atoms with Crippen LogP contribution in [0.5, 0.6) is 0 Å². The van der Waals surface area contributed by atoms with Crippen LogP contribution in [0.1, 0.15) is 17.5 Å². The maximum Gasteiger partial charge on any atom is 0.193 e. The van der Waals surface area contributed by atoms with Gasteiger partial charge in [0.1, 0.15) is 0 Å². The minimum absolute atomic E-state index is 0. The number of nitrogens with zero attached hydrogens (tertiary/aromatic N) is 2. The molecular weight excluding hydrogens is 503 g/mol. The summed E-state index contributed by atoms with van der Waals surface area (Å²) in [6, 6.07) is 14.7. The number of hydrogen-bond donors (Lipinski definition) is 2. The molecule has 3 rings (SSSR count). The Labute approximate surface area is 181 Å². The first-order chi connectivity index (χ1) is 12.0. The van der Waals surface area contributed by atoms with Crippen LogP contribution in [-0.4, -0.2) is 25.6 Å². The van der Waals surface area contributed by atoms with Crippen molar-refractivity contribution in [3.8, 4) is 0 Å². The number of halogens is 2. The van der Waals surface area contributed by atoms with Crippen molar-refractivity contribution in [2.45, 2.75) is 20.3 Å². The molecule has 1 saturated heterocycles. The van der Waals surface area contributed by atoms with Crippen molar-refractivity contribution in [1.29, 1.82) is 0 Å². The van der Waals surface area contributed by atoms with E-state index in [0.29, 0.717) is 11.9 Å². The maximum absolute atomic E-state index is 6.06. The molecule has 6 heteroatoms. The zero-order valence-electron chi connectivity index (χ0n) is 15.2. The second-order valence-electron chi connectivity index (χ2n) is 6.73. The molecule has 26 heavy (non-hydrogen) atoms. The van der Waals surface area contributed by atoms with Gasteiger partial charge in [0, 0.05) is 35.5 Å². The van der Waals surface area contributed by atoms with E-state index in [1.807, 2.05) is 6.07 Å². The highest BCUT2D eigenvalue weighted by Crippen LogP contribution is 2.26. The Hall–Kier alpha value is -1.28. The summed E-state index contributed by atoms with van der Waals surface area (Å²) in [5.41, 5.74) is 10.8. The normalized spacial score (nSPS) is 17.1. The zero-order valence-corrected chi connectivity index (χ0v) is 19.1. The highest BCUT2D eigenvalue weighted by molar-refractivity contribution is 14.0. The quantitative estimate of drug-likeness (QED) is 0.336. The second-order valence-corrected chi connectivity index (χ2v) is 7.65.